The molecule has 0 aliphatic carbocycles. The second kappa shape index (κ2) is 7.87. The molecule has 15 heavy (non-hydrogen) atoms. The number of hydrogen-bond acceptors (Lipinski definition) is 6. The molecule has 1 heterocycles. The van der Waals surface area contributed by atoms with Gasteiger partial charge in [0.15, 0.2) is 0 Å². The van der Waals surface area contributed by atoms with E-state index in [0.29, 0.717) is 32.5 Å². The molecule has 0 saturated carbocycles. The largest absolute Gasteiger partial charge is 0.466 e. The van der Waals surface area contributed by atoms with Crippen LogP contribution in [0.4, 0.5) is 0 Å². The summed E-state index contributed by atoms with van der Waals surface area (Å²) < 4.78 is 9.88. The summed E-state index contributed by atoms with van der Waals surface area (Å²) in [7, 11) is 3.18. The van der Waals surface area contributed by atoms with E-state index >= 15 is 0 Å². The van der Waals surface area contributed by atoms with Gasteiger partial charge in [0.05, 0.1) is 26.1 Å². The molecular formula is C9H14O4S2. The zero-order valence-corrected chi connectivity index (χ0v) is 10.0. The Morgan fingerprint density at radius 2 is 1.33 bits per heavy atom. The number of esters is 2. The predicted octanol–water partition coefficient (Wildman–Crippen LogP) is 1.64. The van der Waals surface area contributed by atoms with E-state index in [4.69, 9.17) is 9.47 Å². The van der Waals surface area contributed by atoms with Crippen molar-refractivity contribution >= 4 is 33.5 Å². The van der Waals surface area contributed by atoms with E-state index in [1.165, 1.54) is 0 Å². The summed E-state index contributed by atoms with van der Waals surface area (Å²) in [5.41, 5.74) is 0. The van der Waals surface area contributed by atoms with Gasteiger partial charge in [0.1, 0.15) is 0 Å². The van der Waals surface area contributed by atoms with E-state index in [1.54, 1.807) is 21.6 Å². The molecule has 0 amide bonds. The third kappa shape index (κ3) is 6.67. The minimum atomic E-state index is -0.173. The van der Waals surface area contributed by atoms with E-state index in [1.807, 2.05) is 0 Å². The summed E-state index contributed by atoms with van der Waals surface area (Å²) in [6.07, 6.45) is 1.46. The van der Waals surface area contributed by atoms with Crippen LogP contribution in [0.3, 0.4) is 0 Å². The Balaban J connectivity index is 2.26. The van der Waals surface area contributed by atoms with E-state index in [0.717, 1.165) is 11.5 Å². The van der Waals surface area contributed by atoms with Crippen molar-refractivity contribution in [3.63, 3.8) is 0 Å². The topological polar surface area (TPSA) is 52.6 Å². The molecule has 0 aromatic heterocycles. The van der Waals surface area contributed by atoms with E-state index < -0.39 is 0 Å². The average Bonchev–Trinajstić information content (AvgIpc) is 2.23. The van der Waals surface area contributed by atoms with Gasteiger partial charge in [-0.2, -0.15) is 0 Å². The molecule has 1 aliphatic heterocycles. The Bertz CT molecular complexity index is 198. The van der Waals surface area contributed by atoms with Gasteiger partial charge in [-0.3, -0.25) is 9.59 Å². The number of hydrogen-bond donors (Lipinski definition) is 0. The van der Waals surface area contributed by atoms with Gasteiger partial charge < -0.3 is 9.47 Å². The van der Waals surface area contributed by atoms with E-state index in [9.17, 15) is 9.59 Å². The van der Waals surface area contributed by atoms with Gasteiger partial charge in [-0.15, -0.1) is 0 Å². The standard InChI is InChI=1S/C9H14O4S2/c10-8-2-6-14-15-7-3-9(11)13-5-1-4-12-8/h1-7H2. The molecule has 0 unspecified atom stereocenters. The number of cyclic esters (lactones) is 2. The maximum atomic E-state index is 11.1. The highest BCUT2D eigenvalue weighted by Crippen LogP contribution is 2.23. The highest BCUT2D eigenvalue weighted by molar-refractivity contribution is 8.76. The van der Waals surface area contributed by atoms with Gasteiger partial charge in [-0.25, -0.2) is 0 Å². The Hall–Kier alpha value is -0.360. The third-order valence-corrected chi connectivity index (χ3v) is 4.09. The molecule has 0 aromatic rings. The van der Waals surface area contributed by atoms with Crippen LogP contribution < -0.4 is 0 Å². The fourth-order valence-corrected chi connectivity index (χ4v) is 2.89. The van der Waals surface area contributed by atoms with Crippen molar-refractivity contribution in [3.05, 3.63) is 0 Å². The zero-order chi connectivity index (χ0) is 10.9. The molecule has 0 radical (unpaired) electrons. The van der Waals surface area contributed by atoms with Crippen LogP contribution in [-0.2, 0) is 19.1 Å². The minimum absolute atomic E-state index is 0.173. The first-order chi connectivity index (χ1) is 7.29. The van der Waals surface area contributed by atoms with Crippen LogP contribution in [0.15, 0.2) is 0 Å². The highest BCUT2D eigenvalue weighted by atomic mass is 33.1. The highest BCUT2D eigenvalue weighted by Gasteiger charge is 2.07. The SMILES string of the molecule is O=C1CCSSCCC(=O)OCCCO1. The number of ether oxygens (including phenoxy) is 2. The minimum Gasteiger partial charge on any atom is -0.466 e. The van der Waals surface area contributed by atoms with Crippen LogP contribution in [0, 0.1) is 0 Å². The monoisotopic (exact) mass is 250 g/mol. The van der Waals surface area contributed by atoms with E-state index in [-0.39, 0.29) is 11.9 Å². The quantitative estimate of drug-likeness (QED) is 0.481. The number of carbonyl (C=O) groups excluding carboxylic acids is 2. The second-order valence-corrected chi connectivity index (χ2v) is 5.64. The molecule has 1 saturated heterocycles. The summed E-state index contributed by atoms with van der Waals surface area (Å²) in [6.45, 7) is 0.674. The van der Waals surface area contributed by atoms with Gasteiger partial charge in [0.25, 0.3) is 0 Å². The lowest BCUT2D eigenvalue weighted by atomic mass is 10.4. The fraction of sp³-hybridized carbons (Fsp3) is 0.778. The molecule has 1 aliphatic rings. The predicted molar refractivity (Wildman–Crippen MR) is 60.7 cm³/mol. The van der Waals surface area contributed by atoms with Crippen LogP contribution in [-0.4, -0.2) is 36.7 Å². The summed E-state index contributed by atoms with van der Waals surface area (Å²) in [6, 6.07) is 0. The second-order valence-electron chi connectivity index (χ2n) is 2.94. The van der Waals surface area contributed by atoms with Crippen molar-refractivity contribution < 1.29 is 19.1 Å². The molecule has 0 aromatic carbocycles. The lowest BCUT2D eigenvalue weighted by Gasteiger charge is -2.04. The molecular weight excluding hydrogens is 236 g/mol. The van der Waals surface area contributed by atoms with Crippen molar-refractivity contribution in [2.45, 2.75) is 19.3 Å². The molecule has 0 N–H and O–H groups in total. The van der Waals surface area contributed by atoms with Crippen molar-refractivity contribution in [1.82, 2.24) is 0 Å². The third-order valence-electron chi connectivity index (χ3n) is 1.68. The lowest BCUT2D eigenvalue weighted by molar-refractivity contribution is -0.145. The van der Waals surface area contributed by atoms with Crippen LogP contribution in [0.1, 0.15) is 19.3 Å². The normalized spacial score (nSPS) is 21.6. The molecule has 86 valence electrons. The van der Waals surface area contributed by atoms with Crippen molar-refractivity contribution in [1.29, 1.82) is 0 Å². The Morgan fingerprint density at radius 3 is 1.80 bits per heavy atom. The van der Waals surface area contributed by atoms with Crippen LogP contribution >= 0.6 is 21.6 Å². The van der Waals surface area contributed by atoms with Gasteiger partial charge in [0.2, 0.25) is 0 Å². The molecule has 0 spiro atoms. The van der Waals surface area contributed by atoms with Crippen molar-refractivity contribution in [3.8, 4) is 0 Å². The van der Waals surface area contributed by atoms with Gasteiger partial charge >= 0.3 is 11.9 Å². The molecule has 0 atom stereocenters. The maximum absolute atomic E-state index is 11.1. The Kier molecular flexibility index (Phi) is 6.67. The first-order valence-corrected chi connectivity index (χ1v) is 7.33. The van der Waals surface area contributed by atoms with Crippen LogP contribution in [0.2, 0.25) is 0 Å². The summed E-state index contributed by atoms with van der Waals surface area (Å²) in [4.78, 5) is 22.2. The fourth-order valence-electron chi connectivity index (χ4n) is 0.943. The molecule has 6 heteroatoms. The molecule has 4 nitrogen and oxygen atoms in total. The van der Waals surface area contributed by atoms with Gasteiger partial charge in [-0.1, -0.05) is 21.6 Å². The van der Waals surface area contributed by atoms with E-state index in [2.05, 4.69) is 0 Å². The summed E-state index contributed by atoms with van der Waals surface area (Å²) >= 11 is 0. The molecule has 1 fully saturated rings. The smallest absolute Gasteiger partial charge is 0.306 e. The molecule has 0 bridgehead atoms. The van der Waals surface area contributed by atoms with Gasteiger partial charge in [0, 0.05) is 17.9 Å². The maximum Gasteiger partial charge on any atom is 0.306 e. The Labute approximate surface area is 96.8 Å². The lowest BCUT2D eigenvalue weighted by Crippen LogP contribution is -2.10. The zero-order valence-electron chi connectivity index (χ0n) is 8.40. The summed E-state index contributed by atoms with van der Waals surface area (Å²) in [5.74, 6) is 1.12. The van der Waals surface area contributed by atoms with Crippen LogP contribution in [0.25, 0.3) is 0 Å². The Morgan fingerprint density at radius 1 is 0.867 bits per heavy atom. The number of carbonyl (C=O) groups is 2. The number of rotatable bonds is 0. The summed E-state index contributed by atoms with van der Waals surface area (Å²) in [5, 5.41) is 0. The first kappa shape index (κ1) is 12.7. The average molecular weight is 250 g/mol. The van der Waals surface area contributed by atoms with Crippen molar-refractivity contribution in [2.75, 3.05) is 24.7 Å². The first-order valence-electron chi connectivity index (χ1n) is 4.84. The van der Waals surface area contributed by atoms with Crippen molar-refractivity contribution in [2.24, 2.45) is 0 Å². The molecule has 1 rings (SSSR count). The van der Waals surface area contributed by atoms with Crippen LogP contribution in [0.5, 0.6) is 0 Å². The van der Waals surface area contributed by atoms with Gasteiger partial charge in [-0.05, 0) is 0 Å².